The van der Waals surface area contributed by atoms with E-state index >= 15 is 0 Å². The number of nitrogens with one attached hydrogen (secondary N) is 1. The van der Waals surface area contributed by atoms with Crippen LogP contribution >= 0.6 is 11.3 Å². The van der Waals surface area contributed by atoms with Crippen LogP contribution in [0.3, 0.4) is 0 Å². The van der Waals surface area contributed by atoms with E-state index in [4.69, 9.17) is 0 Å². The summed E-state index contributed by atoms with van der Waals surface area (Å²) in [5, 5.41) is 10.1. The van der Waals surface area contributed by atoms with Crippen LogP contribution in [0.2, 0.25) is 0 Å². The maximum atomic E-state index is 12.5. The number of carbonyl (C=O) groups is 1. The lowest BCUT2D eigenvalue weighted by Gasteiger charge is -2.02. The maximum Gasteiger partial charge on any atom is 0.258 e. The molecule has 118 valence electrons. The topological polar surface area (TPSA) is 59.8 Å². The van der Waals surface area contributed by atoms with E-state index in [1.54, 1.807) is 34.5 Å². The lowest BCUT2D eigenvalue weighted by molar-refractivity contribution is 0.102. The minimum absolute atomic E-state index is 0.137. The number of fused-ring (bicyclic) bond motifs is 1. The van der Waals surface area contributed by atoms with Crippen molar-refractivity contribution in [1.29, 1.82) is 0 Å². The lowest BCUT2D eigenvalue weighted by Crippen LogP contribution is -2.12. The van der Waals surface area contributed by atoms with Crippen LogP contribution in [0.1, 0.15) is 15.9 Å². The van der Waals surface area contributed by atoms with Gasteiger partial charge in [-0.05, 0) is 23.8 Å². The van der Waals surface area contributed by atoms with Gasteiger partial charge in [-0.1, -0.05) is 18.2 Å². The highest BCUT2D eigenvalue weighted by Gasteiger charge is 2.13. The molecule has 5 nitrogen and oxygen atoms in total. The van der Waals surface area contributed by atoms with E-state index < -0.39 is 0 Å². The molecule has 0 bridgehead atoms. The molecule has 6 heteroatoms. The van der Waals surface area contributed by atoms with Crippen molar-refractivity contribution in [2.24, 2.45) is 0 Å². The SMILES string of the molecule is O=C(Nc1ccn(Cc2ccncc2)n1)c1csc2ccccc12. The van der Waals surface area contributed by atoms with Gasteiger partial charge in [-0.15, -0.1) is 11.3 Å². The first-order valence-corrected chi connectivity index (χ1v) is 8.37. The first kappa shape index (κ1) is 14.6. The number of hydrogen-bond acceptors (Lipinski definition) is 4. The van der Waals surface area contributed by atoms with Crippen molar-refractivity contribution in [3.05, 3.63) is 77.6 Å². The Morgan fingerprint density at radius 3 is 2.83 bits per heavy atom. The van der Waals surface area contributed by atoms with Gasteiger partial charge >= 0.3 is 0 Å². The van der Waals surface area contributed by atoms with Crippen molar-refractivity contribution in [3.8, 4) is 0 Å². The van der Waals surface area contributed by atoms with Crippen molar-refractivity contribution >= 4 is 33.1 Å². The summed E-state index contributed by atoms with van der Waals surface area (Å²) in [6.45, 7) is 0.639. The Bertz CT molecular complexity index is 990. The zero-order chi connectivity index (χ0) is 16.4. The van der Waals surface area contributed by atoms with Gasteiger partial charge in [-0.2, -0.15) is 5.10 Å². The number of carbonyl (C=O) groups excluding carboxylic acids is 1. The fraction of sp³-hybridized carbons (Fsp3) is 0.0556. The Kier molecular flexibility index (Phi) is 3.80. The van der Waals surface area contributed by atoms with Gasteiger partial charge in [-0.25, -0.2) is 0 Å². The summed E-state index contributed by atoms with van der Waals surface area (Å²) in [5.41, 5.74) is 1.79. The van der Waals surface area contributed by atoms with Crippen LogP contribution in [0, 0.1) is 0 Å². The number of aromatic nitrogens is 3. The number of amides is 1. The summed E-state index contributed by atoms with van der Waals surface area (Å²) in [4.78, 5) is 16.5. The second kappa shape index (κ2) is 6.25. The van der Waals surface area contributed by atoms with Crippen LogP contribution in [0.15, 0.2) is 66.4 Å². The number of benzene rings is 1. The van der Waals surface area contributed by atoms with Gasteiger partial charge in [0.25, 0.3) is 5.91 Å². The van der Waals surface area contributed by atoms with Crippen LogP contribution < -0.4 is 5.32 Å². The summed E-state index contributed by atoms with van der Waals surface area (Å²) in [6, 6.07) is 13.6. The van der Waals surface area contributed by atoms with Crippen LogP contribution in [0.5, 0.6) is 0 Å². The van der Waals surface area contributed by atoms with E-state index in [0.717, 1.165) is 15.6 Å². The summed E-state index contributed by atoms with van der Waals surface area (Å²) < 4.78 is 2.89. The number of nitrogens with zero attached hydrogens (tertiary/aromatic N) is 3. The monoisotopic (exact) mass is 334 g/mol. The first-order chi connectivity index (χ1) is 11.8. The number of anilines is 1. The average Bonchev–Trinajstić information content (AvgIpc) is 3.22. The van der Waals surface area contributed by atoms with E-state index in [1.165, 1.54) is 0 Å². The summed E-state index contributed by atoms with van der Waals surface area (Å²) >= 11 is 1.57. The molecular weight excluding hydrogens is 320 g/mol. The van der Waals surface area contributed by atoms with Gasteiger partial charge in [-0.3, -0.25) is 14.5 Å². The number of rotatable bonds is 4. The van der Waals surface area contributed by atoms with Crippen LogP contribution in [0.4, 0.5) is 5.82 Å². The molecule has 0 aliphatic heterocycles. The largest absolute Gasteiger partial charge is 0.305 e. The quantitative estimate of drug-likeness (QED) is 0.617. The van der Waals surface area contributed by atoms with E-state index in [-0.39, 0.29) is 5.91 Å². The molecule has 0 fully saturated rings. The third-order valence-electron chi connectivity index (χ3n) is 3.70. The highest BCUT2D eigenvalue weighted by molar-refractivity contribution is 7.17. The molecule has 0 radical (unpaired) electrons. The fourth-order valence-corrected chi connectivity index (χ4v) is 3.47. The molecule has 0 aliphatic rings. The molecule has 1 aromatic carbocycles. The van der Waals surface area contributed by atoms with Crippen molar-refractivity contribution in [2.45, 2.75) is 6.54 Å². The van der Waals surface area contributed by atoms with Gasteiger partial charge < -0.3 is 5.32 Å². The summed E-state index contributed by atoms with van der Waals surface area (Å²) in [5.74, 6) is 0.408. The third-order valence-corrected chi connectivity index (χ3v) is 4.67. The van der Waals surface area contributed by atoms with Gasteiger partial charge in [0.1, 0.15) is 0 Å². The van der Waals surface area contributed by atoms with Crippen LogP contribution in [-0.4, -0.2) is 20.7 Å². The number of pyridine rings is 1. The van der Waals surface area contributed by atoms with Crippen molar-refractivity contribution in [3.63, 3.8) is 0 Å². The fourth-order valence-electron chi connectivity index (χ4n) is 2.53. The van der Waals surface area contributed by atoms with Gasteiger partial charge in [0.05, 0.1) is 12.1 Å². The Morgan fingerprint density at radius 1 is 1.12 bits per heavy atom. The van der Waals surface area contributed by atoms with Crippen molar-refractivity contribution in [2.75, 3.05) is 5.32 Å². The molecule has 0 aliphatic carbocycles. The maximum absolute atomic E-state index is 12.5. The van der Waals surface area contributed by atoms with E-state index in [9.17, 15) is 4.79 Å². The third kappa shape index (κ3) is 2.91. The van der Waals surface area contributed by atoms with Gasteiger partial charge in [0.2, 0.25) is 0 Å². The molecule has 0 saturated heterocycles. The molecule has 0 unspecified atom stereocenters. The number of thiophene rings is 1. The Labute approximate surface area is 142 Å². The molecule has 4 rings (SSSR count). The predicted octanol–water partition coefficient (Wildman–Crippen LogP) is 3.79. The summed E-state index contributed by atoms with van der Waals surface area (Å²) in [7, 11) is 0. The molecule has 4 aromatic rings. The predicted molar refractivity (Wildman–Crippen MR) is 95.3 cm³/mol. The molecule has 24 heavy (non-hydrogen) atoms. The van der Waals surface area contributed by atoms with E-state index in [2.05, 4.69) is 15.4 Å². The zero-order valence-corrected chi connectivity index (χ0v) is 13.5. The lowest BCUT2D eigenvalue weighted by atomic mass is 10.2. The highest BCUT2D eigenvalue weighted by atomic mass is 32.1. The zero-order valence-electron chi connectivity index (χ0n) is 12.7. The normalized spacial score (nSPS) is 10.8. The minimum Gasteiger partial charge on any atom is -0.305 e. The summed E-state index contributed by atoms with van der Waals surface area (Å²) in [6.07, 6.45) is 5.36. The standard InChI is InChI=1S/C18H14N4OS/c23-18(15-12-24-16-4-2-1-3-14(15)16)20-17-7-10-22(21-17)11-13-5-8-19-9-6-13/h1-10,12H,11H2,(H,20,21,23). The molecule has 1 amide bonds. The Hall–Kier alpha value is -2.99. The minimum atomic E-state index is -0.137. The molecule has 0 spiro atoms. The molecule has 0 saturated carbocycles. The Morgan fingerprint density at radius 2 is 1.96 bits per heavy atom. The van der Waals surface area contributed by atoms with Gasteiger partial charge in [0.15, 0.2) is 5.82 Å². The van der Waals surface area contributed by atoms with Crippen LogP contribution in [0.25, 0.3) is 10.1 Å². The second-order valence-corrected chi connectivity index (χ2v) is 6.26. The average molecular weight is 334 g/mol. The number of hydrogen-bond donors (Lipinski definition) is 1. The molecule has 1 N–H and O–H groups in total. The van der Waals surface area contributed by atoms with Crippen LogP contribution in [-0.2, 0) is 6.54 Å². The highest BCUT2D eigenvalue weighted by Crippen LogP contribution is 2.26. The van der Waals surface area contributed by atoms with Crippen molar-refractivity contribution < 1.29 is 4.79 Å². The van der Waals surface area contributed by atoms with Gasteiger partial charge in [0, 0.05) is 40.1 Å². The first-order valence-electron chi connectivity index (χ1n) is 7.49. The molecule has 0 atom stereocenters. The van der Waals surface area contributed by atoms with E-state index in [0.29, 0.717) is 17.9 Å². The molecule has 3 aromatic heterocycles. The molecule has 3 heterocycles. The Balaban J connectivity index is 1.50. The van der Waals surface area contributed by atoms with Crippen molar-refractivity contribution in [1.82, 2.24) is 14.8 Å². The smallest absolute Gasteiger partial charge is 0.258 e. The van der Waals surface area contributed by atoms with E-state index in [1.807, 2.05) is 48.0 Å². The molecular formula is C18H14N4OS. The second-order valence-electron chi connectivity index (χ2n) is 5.35.